The smallest absolute Gasteiger partial charge is 0.0207 e. The predicted molar refractivity (Wildman–Crippen MR) is 77.6 cm³/mol. The molecular weight excluding hydrogens is 218 g/mol. The molecule has 1 nitrogen and oxygen atoms in total. The van der Waals surface area contributed by atoms with Gasteiger partial charge in [0.1, 0.15) is 0 Å². The van der Waals surface area contributed by atoms with Gasteiger partial charge in [0.15, 0.2) is 0 Å². The van der Waals surface area contributed by atoms with Crippen molar-refractivity contribution in [2.45, 2.75) is 32.2 Å². The molecule has 1 atom stereocenters. The Morgan fingerprint density at radius 2 is 1.33 bits per heavy atom. The van der Waals surface area contributed by atoms with Crippen LogP contribution < -0.4 is 5.73 Å². The monoisotopic (exact) mass is 239 g/mol. The largest absolute Gasteiger partial charge is 0.325 e. The molecular formula is C17H21N. The van der Waals surface area contributed by atoms with Gasteiger partial charge in [-0.2, -0.15) is 0 Å². The molecule has 2 aromatic carbocycles. The van der Waals surface area contributed by atoms with E-state index in [1.807, 2.05) is 6.07 Å². The number of hydrogen-bond acceptors (Lipinski definition) is 1. The lowest BCUT2D eigenvalue weighted by molar-refractivity contribution is 0.463. The molecule has 0 radical (unpaired) electrons. The third-order valence-corrected chi connectivity index (χ3v) is 3.18. The summed E-state index contributed by atoms with van der Waals surface area (Å²) < 4.78 is 0. The summed E-state index contributed by atoms with van der Waals surface area (Å²) in [6.07, 6.45) is 1.81. The van der Waals surface area contributed by atoms with E-state index in [-0.39, 0.29) is 5.54 Å². The third-order valence-electron chi connectivity index (χ3n) is 3.18. The Balaban J connectivity index is 2.05. The first-order valence-corrected chi connectivity index (χ1v) is 6.43. The van der Waals surface area contributed by atoms with E-state index in [0.717, 1.165) is 12.8 Å². The van der Waals surface area contributed by atoms with Crippen molar-refractivity contribution in [3.8, 4) is 0 Å². The van der Waals surface area contributed by atoms with Crippen LogP contribution in [0.15, 0.2) is 54.6 Å². The van der Waals surface area contributed by atoms with Gasteiger partial charge in [-0.25, -0.2) is 0 Å². The summed E-state index contributed by atoms with van der Waals surface area (Å²) in [5.74, 6) is 0. The van der Waals surface area contributed by atoms with Crippen LogP contribution in [0.2, 0.25) is 0 Å². The molecule has 1 unspecified atom stereocenters. The van der Waals surface area contributed by atoms with E-state index in [2.05, 4.69) is 62.4 Å². The molecule has 0 amide bonds. The third kappa shape index (κ3) is 3.71. The van der Waals surface area contributed by atoms with Crippen LogP contribution in [0.1, 0.15) is 23.6 Å². The molecule has 0 aliphatic carbocycles. The van der Waals surface area contributed by atoms with Crippen molar-refractivity contribution in [3.05, 3.63) is 71.3 Å². The fourth-order valence-electron chi connectivity index (χ4n) is 2.30. The highest BCUT2D eigenvalue weighted by molar-refractivity contribution is 5.24. The van der Waals surface area contributed by atoms with Crippen LogP contribution in [-0.2, 0) is 12.8 Å². The Labute approximate surface area is 110 Å². The fraction of sp³-hybridized carbons (Fsp3) is 0.294. The van der Waals surface area contributed by atoms with Crippen molar-refractivity contribution >= 4 is 0 Å². The average Bonchev–Trinajstić information content (AvgIpc) is 2.32. The Bertz CT molecular complexity index is 483. The van der Waals surface area contributed by atoms with Crippen LogP contribution in [0.4, 0.5) is 0 Å². The molecule has 1 heteroatoms. The second-order valence-corrected chi connectivity index (χ2v) is 5.48. The number of hydrogen-bond donors (Lipinski definition) is 1. The normalized spacial score (nSPS) is 14.2. The van der Waals surface area contributed by atoms with E-state index in [4.69, 9.17) is 5.73 Å². The maximum absolute atomic E-state index is 6.42. The van der Waals surface area contributed by atoms with Gasteiger partial charge in [-0.3, -0.25) is 0 Å². The van der Waals surface area contributed by atoms with Crippen molar-refractivity contribution in [1.82, 2.24) is 0 Å². The molecule has 2 rings (SSSR count). The maximum Gasteiger partial charge on any atom is 0.0207 e. The quantitative estimate of drug-likeness (QED) is 0.868. The topological polar surface area (TPSA) is 26.0 Å². The summed E-state index contributed by atoms with van der Waals surface area (Å²) in [6.45, 7) is 4.23. The number of nitrogens with two attached hydrogens (primary N) is 1. The summed E-state index contributed by atoms with van der Waals surface area (Å²) in [4.78, 5) is 0. The first-order chi connectivity index (χ1) is 8.55. The minimum atomic E-state index is -0.198. The van der Waals surface area contributed by atoms with Crippen molar-refractivity contribution in [1.29, 1.82) is 0 Å². The van der Waals surface area contributed by atoms with Gasteiger partial charge < -0.3 is 5.73 Å². The highest BCUT2D eigenvalue weighted by atomic mass is 14.7. The molecule has 0 fully saturated rings. The summed E-state index contributed by atoms with van der Waals surface area (Å²) >= 11 is 0. The number of aryl methyl sites for hydroxylation is 1. The molecule has 0 spiro atoms. The SMILES string of the molecule is Cc1ccc(CC(C)(N)Cc2ccccc2)cc1. The summed E-state index contributed by atoms with van der Waals surface area (Å²) in [5.41, 5.74) is 10.1. The highest BCUT2D eigenvalue weighted by Crippen LogP contribution is 2.17. The van der Waals surface area contributed by atoms with Crippen molar-refractivity contribution < 1.29 is 0 Å². The molecule has 0 aliphatic heterocycles. The lowest BCUT2D eigenvalue weighted by atomic mass is 9.87. The lowest BCUT2D eigenvalue weighted by Gasteiger charge is -2.25. The van der Waals surface area contributed by atoms with Crippen molar-refractivity contribution in [2.24, 2.45) is 5.73 Å². The predicted octanol–water partition coefficient (Wildman–Crippen LogP) is 3.50. The van der Waals surface area contributed by atoms with Crippen LogP contribution in [0.3, 0.4) is 0 Å². The van der Waals surface area contributed by atoms with Crippen molar-refractivity contribution in [3.63, 3.8) is 0 Å². The zero-order valence-corrected chi connectivity index (χ0v) is 11.2. The molecule has 2 aromatic rings. The fourth-order valence-corrected chi connectivity index (χ4v) is 2.30. The first kappa shape index (κ1) is 12.8. The molecule has 2 N–H and O–H groups in total. The second kappa shape index (κ2) is 5.36. The van der Waals surface area contributed by atoms with Gasteiger partial charge in [0.2, 0.25) is 0 Å². The highest BCUT2D eigenvalue weighted by Gasteiger charge is 2.19. The van der Waals surface area contributed by atoms with E-state index in [1.54, 1.807) is 0 Å². The first-order valence-electron chi connectivity index (χ1n) is 6.43. The summed E-state index contributed by atoms with van der Waals surface area (Å²) in [7, 11) is 0. The molecule has 18 heavy (non-hydrogen) atoms. The Morgan fingerprint density at radius 3 is 1.89 bits per heavy atom. The Morgan fingerprint density at radius 1 is 0.833 bits per heavy atom. The molecule has 0 aliphatic rings. The van der Waals surface area contributed by atoms with Crippen LogP contribution in [0, 0.1) is 6.92 Å². The van der Waals surface area contributed by atoms with Gasteiger partial charge in [-0.1, -0.05) is 60.2 Å². The zero-order valence-electron chi connectivity index (χ0n) is 11.2. The number of rotatable bonds is 4. The van der Waals surface area contributed by atoms with E-state index < -0.39 is 0 Å². The van der Waals surface area contributed by atoms with E-state index in [1.165, 1.54) is 16.7 Å². The van der Waals surface area contributed by atoms with Gasteiger partial charge in [0.25, 0.3) is 0 Å². The van der Waals surface area contributed by atoms with Crippen LogP contribution in [0.5, 0.6) is 0 Å². The minimum Gasteiger partial charge on any atom is -0.325 e. The maximum atomic E-state index is 6.42. The van der Waals surface area contributed by atoms with E-state index in [9.17, 15) is 0 Å². The van der Waals surface area contributed by atoms with E-state index in [0.29, 0.717) is 0 Å². The van der Waals surface area contributed by atoms with Crippen molar-refractivity contribution in [2.75, 3.05) is 0 Å². The Kier molecular flexibility index (Phi) is 3.83. The Hall–Kier alpha value is -1.60. The summed E-state index contributed by atoms with van der Waals surface area (Å²) in [6, 6.07) is 19.1. The minimum absolute atomic E-state index is 0.198. The molecule has 0 heterocycles. The standard InChI is InChI=1S/C17H21N/c1-14-8-10-16(11-9-14)13-17(2,18)12-15-6-4-3-5-7-15/h3-11H,12-13,18H2,1-2H3. The van der Waals surface area contributed by atoms with Crippen LogP contribution >= 0.6 is 0 Å². The van der Waals surface area contributed by atoms with Gasteiger partial charge >= 0.3 is 0 Å². The van der Waals surface area contributed by atoms with Crippen LogP contribution in [0.25, 0.3) is 0 Å². The average molecular weight is 239 g/mol. The van der Waals surface area contributed by atoms with Gasteiger partial charge in [0, 0.05) is 5.54 Å². The number of benzene rings is 2. The van der Waals surface area contributed by atoms with Gasteiger partial charge in [-0.05, 0) is 37.8 Å². The molecule has 0 saturated carbocycles. The van der Waals surface area contributed by atoms with Gasteiger partial charge in [0.05, 0.1) is 0 Å². The molecule has 0 saturated heterocycles. The zero-order chi connectivity index (χ0) is 13.0. The molecule has 0 bridgehead atoms. The lowest BCUT2D eigenvalue weighted by Crippen LogP contribution is -2.40. The molecule has 94 valence electrons. The summed E-state index contributed by atoms with van der Waals surface area (Å²) in [5, 5.41) is 0. The van der Waals surface area contributed by atoms with Crippen LogP contribution in [-0.4, -0.2) is 5.54 Å². The second-order valence-electron chi connectivity index (χ2n) is 5.48. The van der Waals surface area contributed by atoms with Gasteiger partial charge in [-0.15, -0.1) is 0 Å². The molecule has 0 aromatic heterocycles. The van der Waals surface area contributed by atoms with E-state index >= 15 is 0 Å².